The van der Waals surface area contributed by atoms with Gasteiger partial charge in [0.05, 0.1) is 19.9 Å². The van der Waals surface area contributed by atoms with E-state index in [0.29, 0.717) is 11.5 Å². The highest BCUT2D eigenvalue weighted by molar-refractivity contribution is 14.1. The zero-order chi connectivity index (χ0) is 14.3. The molecule has 0 spiro atoms. The van der Waals surface area contributed by atoms with Crippen molar-refractivity contribution < 1.29 is 9.47 Å². The summed E-state index contributed by atoms with van der Waals surface area (Å²) >= 11 is 3.78. The first kappa shape index (κ1) is 13.6. The zero-order valence-corrected chi connectivity index (χ0v) is 14.2. The van der Waals surface area contributed by atoms with Gasteiger partial charge >= 0.3 is 0 Å². The Bertz CT molecular complexity index is 781. The largest absolute Gasteiger partial charge is 0.493 e. The van der Waals surface area contributed by atoms with Gasteiger partial charge in [0.1, 0.15) is 8.71 Å². The summed E-state index contributed by atoms with van der Waals surface area (Å²) < 4.78 is 13.4. The number of nitrogens with zero attached hydrogens (tertiary/aromatic N) is 3. The second kappa shape index (κ2) is 5.21. The van der Waals surface area contributed by atoms with Gasteiger partial charge in [0.2, 0.25) is 4.96 Å². The van der Waals surface area contributed by atoms with Gasteiger partial charge in [0.25, 0.3) is 0 Å². The van der Waals surface area contributed by atoms with Crippen LogP contribution in [0.15, 0.2) is 18.2 Å². The molecule has 1 aromatic carbocycles. The number of methoxy groups -OCH3 is 2. The van der Waals surface area contributed by atoms with Gasteiger partial charge in [-0.2, -0.15) is 5.10 Å². The summed E-state index contributed by atoms with van der Waals surface area (Å²) in [4.78, 5) is 5.38. The van der Waals surface area contributed by atoms with Crippen molar-refractivity contribution in [2.75, 3.05) is 14.2 Å². The van der Waals surface area contributed by atoms with Crippen LogP contribution in [-0.2, 0) is 0 Å². The van der Waals surface area contributed by atoms with Gasteiger partial charge in [-0.3, -0.25) is 0 Å². The minimum atomic E-state index is 0.698. The normalized spacial score (nSPS) is 11.0. The summed E-state index contributed by atoms with van der Waals surface area (Å²) in [5.74, 6) is 1.41. The quantitative estimate of drug-likeness (QED) is 0.632. The third kappa shape index (κ3) is 2.14. The second-order valence-corrected chi connectivity index (χ2v) is 6.14. The highest BCUT2D eigenvalue weighted by Crippen LogP contribution is 2.34. The summed E-state index contributed by atoms with van der Waals surface area (Å²) in [6.07, 6.45) is 0. The molecule has 0 radical (unpaired) electrons. The van der Waals surface area contributed by atoms with Crippen molar-refractivity contribution in [1.29, 1.82) is 0 Å². The van der Waals surface area contributed by atoms with Crippen LogP contribution in [0.3, 0.4) is 0 Å². The maximum atomic E-state index is 5.32. The first-order valence-electron chi connectivity index (χ1n) is 5.88. The fourth-order valence-electron chi connectivity index (χ4n) is 1.91. The Kier molecular flexibility index (Phi) is 3.55. The summed E-state index contributed by atoms with van der Waals surface area (Å²) in [6, 6.07) is 5.78. The molecular formula is C13H12IN3O2S. The van der Waals surface area contributed by atoms with Crippen LogP contribution in [0.2, 0.25) is 0 Å². The molecule has 0 bridgehead atoms. The number of hydrogen-bond acceptors (Lipinski definition) is 5. The summed E-state index contributed by atoms with van der Waals surface area (Å²) in [7, 11) is 3.25. The van der Waals surface area contributed by atoms with Crippen LogP contribution in [-0.4, -0.2) is 28.8 Å². The lowest BCUT2D eigenvalue weighted by molar-refractivity contribution is 0.355. The number of benzene rings is 1. The van der Waals surface area contributed by atoms with E-state index < -0.39 is 0 Å². The lowest BCUT2D eigenvalue weighted by Gasteiger charge is -2.07. The van der Waals surface area contributed by atoms with Crippen LogP contribution in [0.1, 0.15) is 5.69 Å². The second-order valence-electron chi connectivity index (χ2n) is 4.16. The van der Waals surface area contributed by atoms with E-state index in [1.54, 1.807) is 25.6 Å². The molecule has 0 saturated heterocycles. The first-order valence-corrected chi connectivity index (χ1v) is 7.77. The van der Waals surface area contributed by atoms with Gasteiger partial charge in [0, 0.05) is 5.56 Å². The Morgan fingerprint density at radius 1 is 1.20 bits per heavy atom. The molecule has 7 heteroatoms. The number of halogens is 1. The van der Waals surface area contributed by atoms with E-state index in [-0.39, 0.29) is 0 Å². The third-order valence-electron chi connectivity index (χ3n) is 3.00. The number of aryl methyl sites for hydroxylation is 1. The summed E-state index contributed by atoms with van der Waals surface area (Å²) in [5, 5.41) is 5.52. The SMILES string of the molecule is COc1ccc(-c2nn3c(C)c(I)nc3s2)cc1OC. The average Bonchev–Trinajstić information content (AvgIpc) is 2.99. The van der Waals surface area contributed by atoms with Crippen LogP contribution in [0.4, 0.5) is 0 Å². The van der Waals surface area contributed by atoms with Crippen molar-refractivity contribution in [2.24, 2.45) is 0 Å². The van der Waals surface area contributed by atoms with Crippen LogP contribution in [0.5, 0.6) is 11.5 Å². The minimum Gasteiger partial charge on any atom is -0.493 e. The molecule has 0 aliphatic rings. The van der Waals surface area contributed by atoms with E-state index in [1.165, 1.54) is 0 Å². The number of fused-ring (bicyclic) bond motifs is 1. The average molecular weight is 401 g/mol. The van der Waals surface area contributed by atoms with Gasteiger partial charge in [-0.05, 0) is 47.7 Å². The topological polar surface area (TPSA) is 48.7 Å². The number of ether oxygens (including phenoxy) is 2. The molecular weight excluding hydrogens is 389 g/mol. The highest BCUT2D eigenvalue weighted by Gasteiger charge is 2.14. The van der Waals surface area contributed by atoms with Crippen LogP contribution in [0, 0.1) is 10.6 Å². The molecule has 2 aromatic heterocycles. The van der Waals surface area contributed by atoms with Crippen LogP contribution < -0.4 is 9.47 Å². The minimum absolute atomic E-state index is 0.698. The van der Waals surface area contributed by atoms with Gasteiger partial charge < -0.3 is 9.47 Å². The first-order chi connectivity index (χ1) is 9.63. The van der Waals surface area contributed by atoms with E-state index in [1.807, 2.05) is 29.6 Å². The van der Waals surface area contributed by atoms with Crippen molar-refractivity contribution in [3.05, 3.63) is 27.6 Å². The molecule has 0 aliphatic heterocycles. The lowest BCUT2D eigenvalue weighted by atomic mass is 10.2. The van der Waals surface area contributed by atoms with Crippen molar-refractivity contribution >= 4 is 38.9 Å². The standard InChI is InChI=1S/C13H12IN3O2S/c1-7-11(14)15-13-17(7)16-12(20-13)8-4-5-9(18-2)10(6-8)19-3/h4-6H,1-3H3. The van der Waals surface area contributed by atoms with Gasteiger partial charge in [0.15, 0.2) is 11.5 Å². The Morgan fingerprint density at radius 2 is 1.95 bits per heavy atom. The number of rotatable bonds is 3. The smallest absolute Gasteiger partial charge is 0.213 e. The summed E-state index contributed by atoms with van der Waals surface area (Å²) in [6.45, 7) is 2.01. The fraction of sp³-hybridized carbons (Fsp3) is 0.231. The molecule has 0 atom stereocenters. The van der Waals surface area contributed by atoms with E-state index >= 15 is 0 Å². The van der Waals surface area contributed by atoms with Crippen LogP contribution >= 0.6 is 33.9 Å². The summed E-state index contributed by atoms with van der Waals surface area (Å²) in [5.41, 5.74) is 2.05. The molecule has 0 saturated carbocycles. The van der Waals surface area contributed by atoms with Crippen molar-refractivity contribution in [2.45, 2.75) is 6.92 Å². The maximum Gasteiger partial charge on any atom is 0.213 e. The van der Waals surface area contributed by atoms with Gasteiger partial charge in [-0.15, -0.1) is 0 Å². The van der Waals surface area contributed by atoms with Gasteiger partial charge in [-0.1, -0.05) is 11.3 Å². The Hall–Kier alpha value is -1.35. The van der Waals surface area contributed by atoms with E-state index in [0.717, 1.165) is 24.9 Å². The maximum absolute atomic E-state index is 5.32. The van der Waals surface area contributed by atoms with E-state index in [2.05, 4.69) is 32.7 Å². The molecule has 0 unspecified atom stereocenters. The Balaban J connectivity index is 2.10. The number of imidazole rings is 1. The highest BCUT2D eigenvalue weighted by atomic mass is 127. The molecule has 0 fully saturated rings. The molecule has 0 aliphatic carbocycles. The Morgan fingerprint density at radius 3 is 2.60 bits per heavy atom. The molecule has 2 heterocycles. The predicted octanol–water partition coefficient (Wildman–Crippen LogP) is 3.39. The monoisotopic (exact) mass is 401 g/mol. The molecule has 5 nitrogen and oxygen atoms in total. The van der Waals surface area contributed by atoms with E-state index in [4.69, 9.17) is 9.47 Å². The predicted molar refractivity (Wildman–Crippen MR) is 86.9 cm³/mol. The number of aromatic nitrogens is 3. The lowest BCUT2D eigenvalue weighted by Crippen LogP contribution is -1.92. The fourth-order valence-corrected chi connectivity index (χ4v) is 3.47. The van der Waals surface area contributed by atoms with Crippen LogP contribution in [0.25, 0.3) is 15.5 Å². The molecule has 20 heavy (non-hydrogen) atoms. The van der Waals surface area contributed by atoms with Crippen molar-refractivity contribution in [1.82, 2.24) is 14.6 Å². The van der Waals surface area contributed by atoms with E-state index in [9.17, 15) is 0 Å². The molecule has 0 N–H and O–H groups in total. The molecule has 3 rings (SSSR count). The zero-order valence-electron chi connectivity index (χ0n) is 11.2. The van der Waals surface area contributed by atoms with Crippen molar-refractivity contribution in [3.63, 3.8) is 0 Å². The Labute approximate surface area is 133 Å². The van der Waals surface area contributed by atoms with Crippen molar-refractivity contribution in [3.8, 4) is 22.1 Å². The third-order valence-corrected chi connectivity index (χ3v) is 4.98. The molecule has 0 amide bonds. The number of hydrogen-bond donors (Lipinski definition) is 0. The molecule has 3 aromatic rings. The van der Waals surface area contributed by atoms with Gasteiger partial charge in [-0.25, -0.2) is 9.50 Å². The molecule has 104 valence electrons.